The van der Waals surface area contributed by atoms with E-state index in [9.17, 15) is 30.6 Å². The van der Waals surface area contributed by atoms with E-state index in [-0.39, 0.29) is 13.0 Å². The Morgan fingerprint density at radius 3 is 2.00 bits per heavy atom. The topological polar surface area (TPSA) is 234 Å². The molecule has 3 fully saturated rings. The molecule has 3 rings (SSSR count). The molecule has 6 unspecified atom stereocenters. The molecule has 14 heteroatoms. The zero-order valence-electron chi connectivity index (χ0n) is 20.5. The molecule has 15 atom stereocenters. The zero-order valence-corrected chi connectivity index (χ0v) is 20.5. The molecule has 0 radical (unpaired) electrons. The van der Waals surface area contributed by atoms with Gasteiger partial charge in [-0.05, 0) is 34.4 Å². The number of hydrogen-bond donors (Lipinski definition) is 10. The summed E-state index contributed by atoms with van der Waals surface area (Å²) in [4.78, 5) is 0. The van der Waals surface area contributed by atoms with Crippen LogP contribution in [0.5, 0.6) is 0 Å². The minimum Gasteiger partial charge on any atom is -0.388 e. The van der Waals surface area contributed by atoms with E-state index in [4.69, 9.17) is 30.4 Å². The van der Waals surface area contributed by atoms with E-state index in [1.165, 1.54) is 6.92 Å². The fraction of sp³-hybridized carbons (Fsp3) is 1.00. The molecule has 0 aromatic carbocycles. The van der Waals surface area contributed by atoms with Crippen LogP contribution in [0.3, 0.4) is 0 Å². The van der Waals surface area contributed by atoms with Crippen molar-refractivity contribution in [2.24, 2.45) is 11.5 Å². The van der Waals surface area contributed by atoms with Gasteiger partial charge in [-0.2, -0.15) is 0 Å². The van der Waals surface area contributed by atoms with Crippen molar-refractivity contribution in [3.63, 3.8) is 0 Å². The van der Waals surface area contributed by atoms with Crippen LogP contribution in [0.4, 0.5) is 0 Å². The Bertz CT molecular complexity index is 692. The van der Waals surface area contributed by atoms with Crippen LogP contribution in [0.15, 0.2) is 0 Å². The van der Waals surface area contributed by atoms with Gasteiger partial charge < -0.3 is 71.7 Å². The lowest BCUT2D eigenvalue weighted by atomic mass is 9.84. The molecule has 2 heterocycles. The number of ether oxygens (including phenoxy) is 4. The van der Waals surface area contributed by atoms with Crippen LogP contribution in [0.25, 0.3) is 0 Å². The molecule has 1 aliphatic carbocycles. The summed E-state index contributed by atoms with van der Waals surface area (Å²) in [6.45, 7) is 3.11. The second kappa shape index (κ2) is 11.4. The zero-order chi connectivity index (χ0) is 26.2. The number of nitrogens with two attached hydrogens (primary N) is 2. The summed E-state index contributed by atoms with van der Waals surface area (Å²) in [6, 6.07) is -2.68. The van der Waals surface area contributed by atoms with E-state index in [2.05, 4.69) is 10.6 Å². The van der Waals surface area contributed by atoms with E-state index in [1.54, 1.807) is 21.0 Å². The second-order valence-corrected chi connectivity index (χ2v) is 10.1. The Morgan fingerprint density at radius 2 is 1.46 bits per heavy atom. The number of nitrogens with one attached hydrogen (secondary N) is 2. The van der Waals surface area contributed by atoms with E-state index in [0.717, 1.165) is 0 Å². The maximum Gasteiger partial charge on any atom is 0.187 e. The molecule has 0 spiro atoms. The highest BCUT2D eigenvalue weighted by Gasteiger charge is 2.52. The third-order valence-electron chi connectivity index (χ3n) is 7.34. The first-order valence-electron chi connectivity index (χ1n) is 11.9. The van der Waals surface area contributed by atoms with Gasteiger partial charge in [-0.15, -0.1) is 0 Å². The summed E-state index contributed by atoms with van der Waals surface area (Å²) in [6.07, 6.45) is -12.8. The smallest absolute Gasteiger partial charge is 0.187 e. The Balaban J connectivity index is 1.73. The van der Waals surface area contributed by atoms with Gasteiger partial charge in [-0.1, -0.05) is 0 Å². The van der Waals surface area contributed by atoms with Gasteiger partial charge in [0.25, 0.3) is 0 Å². The molecular weight excluding hydrogens is 468 g/mol. The number of hydrogen-bond acceptors (Lipinski definition) is 14. The molecule has 0 amide bonds. The van der Waals surface area contributed by atoms with Gasteiger partial charge in [0.1, 0.15) is 54.4 Å². The Labute approximate surface area is 204 Å². The van der Waals surface area contributed by atoms with E-state index < -0.39 is 91.2 Å². The van der Waals surface area contributed by atoms with Gasteiger partial charge in [0.05, 0.1) is 12.6 Å². The van der Waals surface area contributed by atoms with Crippen LogP contribution >= 0.6 is 0 Å². The fourth-order valence-corrected chi connectivity index (χ4v) is 5.08. The van der Waals surface area contributed by atoms with Crippen molar-refractivity contribution < 1.29 is 49.6 Å². The Kier molecular flexibility index (Phi) is 9.49. The van der Waals surface area contributed by atoms with Gasteiger partial charge in [0, 0.05) is 18.1 Å². The van der Waals surface area contributed by atoms with Crippen molar-refractivity contribution in [3.8, 4) is 0 Å². The molecule has 0 aromatic heterocycles. The van der Waals surface area contributed by atoms with Crippen molar-refractivity contribution in [1.29, 1.82) is 0 Å². The lowest BCUT2D eigenvalue weighted by molar-refractivity contribution is -0.333. The third-order valence-corrected chi connectivity index (χ3v) is 7.34. The van der Waals surface area contributed by atoms with Crippen molar-refractivity contribution in [2.75, 3.05) is 20.7 Å². The molecule has 1 saturated carbocycles. The molecule has 12 N–H and O–H groups in total. The number of aliphatic hydroxyl groups excluding tert-OH is 5. The highest BCUT2D eigenvalue weighted by molar-refractivity contribution is 5.02. The summed E-state index contributed by atoms with van der Waals surface area (Å²) in [5, 5.41) is 69.1. The average Bonchev–Trinajstić information content (AvgIpc) is 2.80. The first kappa shape index (κ1) is 29.0. The maximum absolute atomic E-state index is 11.1. The number of rotatable bonds is 7. The van der Waals surface area contributed by atoms with Crippen LogP contribution in [0.1, 0.15) is 20.3 Å². The molecule has 14 nitrogen and oxygen atoms in total. The highest BCUT2D eigenvalue weighted by Crippen LogP contribution is 2.32. The van der Waals surface area contributed by atoms with Gasteiger partial charge in [-0.25, -0.2) is 0 Å². The number of likely N-dealkylation sites (N-methyl/N-ethyl adjacent to an activating group) is 2. The van der Waals surface area contributed by atoms with Crippen molar-refractivity contribution >= 4 is 0 Å². The SMILES string of the molecule is CNC(C)C1O[C@@H](O[C@H]2C(N)C[C@@H](N)C(O[C@H]3OC[C@](C)(O)C(NC)[C@H]3O)[C@H]2O)C(O)[C@@H](O)[C@H]1O. The molecule has 2 saturated heterocycles. The van der Waals surface area contributed by atoms with Gasteiger partial charge in [-0.3, -0.25) is 0 Å². The van der Waals surface area contributed by atoms with Gasteiger partial charge in [0.2, 0.25) is 0 Å². The van der Waals surface area contributed by atoms with Crippen molar-refractivity contribution in [1.82, 2.24) is 10.6 Å². The van der Waals surface area contributed by atoms with E-state index >= 15 is 0 Å². The standard InChI is InChI=1S/C21H42N4O10/c1-7(24-3)15-11(27)10(26)12(28)20(33-15)35-17-9(23)5-8(22)16(13(17)29)34-19-14(30)18(25-4)21(2,31)6-32-19/h7-20,24-31H,5-6,22-23H2,1-4H3/t7?,8-,9?,10+,11-,12?,13-,14-,15?,16?,17+,18?,19-,20+,21+/m1/s1. The quantitative estimate of drug-likeness (QED) is 0.154. The third kappa shape index (κ3) is 5.81. The largest absolute Gasteiger partial charge is 0.388 e. The summed E-state index contributed by atoms with van der Waals surface area (Å²) >= 11 is 0. The first-order valence-corrected chi connectivity index (χ1v) is 11.9. The van der Waals surface area contributed by atoms with Crippen LogP contribution in [0.2, 0.25) is 0 Å². The van der Waals surface area contributed by atoms with Crippen molar-refractivity contribution in [2.45, 2.75) is 111 Å². The molecule has 3 aliphatic rings. The summed E-state index contributed by atoms with van der Waals surface area (Å²) in [5.74, 6) is 0. The lowest BCUT2D eigenvalue weighted by Crippen LogP contribution is -2.69. The first-order chi connectivity index (χ1) is 16.3. The van der Waals surface area contributed by atoms with Crippen LogP contribution in [-0.4, -0.2) is 143 Å². The molecule has 2 aliphatic heterocycles. The van der Waals surface area contributed by atoms with Gasteiger partial charge in [0.15, 0.2) is 12.6 Å². The molecule has 0 bridgehead atoms. The predicted octanol–water partition coefficient (Wildman–Crippen LogP) is -5.35. The second-order valence-electron chi connectivity index (χ2n) is 10.1. The fourth-order valence-electron chi connectivity index (χ4n) is 5.08. The molecule has 206 valence electrons. The van der Waals surface area contributed by atoms with Crippen LogP contribution < -0.4 is 22.1 Å². The summed E-state index contributed by atoms with van der Waals surface area (Å²) in [5.41, 5.74) is 11.1. The average molecular weight is 511 g/mol. The highest BCUT2D eigenvalue weighted by atomic mass is 16.7. The van der Waals surface area contributed by atoms with Gasteiger partial charge >= 0.3 is 0 Å². The summed E-state index contributed by atoms with van der Waals surface area (Å²) in [7, 11) is 3.23. The summed E-state index contributed by atoms with van der Waals surface area (Å²) < 4.78 is 23.0. The maximum atomic E-state index is 11.1. The molecule has 0 aromatic rings. The number of aliphatic hydroxyl groups is 6. The van der Waals surface area contributed by atoms with E-state index in [0.29, 0.717) is 0 Å². The predicted molar refractivity (Wildman–Crippen MR) is 121 cm³/mol. The normalized spacial score (nSPS) is 52.3. The Hall–Kier alpha value is -0.560. The van der Waals surface area contributed by atoms with Crippen molar-refractivity contribution in [3.05, 3.63) is 0 Å². The minimum atomic E-state index is -1.61. The lowest BCUT2D eigenvalue weighted by Gasteiger charge is -2.49. The van der Waals surface area contributed by atoms with E-state index in [1.807, 2.05) is 0 Å². The Morgan fingerprint density at radius 1 is 0.886 bits per heavy atom. The minimum absolute atomic E-state index is 0.134. The molecule has 35 heavy (non-hydrogen) atoms. The van der Waals surface area contributed by atoms with Crippen LogP contribution in [-0.2, 0) is 18.9 Å². The molecular formula is C21H42N4O10. The van der Waals surface area contributed by atoms with Crippen LogP contribution in [0, 0.1) is 0 Å². The monoisotopic (exact) mass is 510 g/mol.